The van der Waals surface area contributed by atoms with E-state index in [1.165, 1.54) is 128 Å². The summed E-state index contributed by atoms with van der Waals surface area (Å²) in [5.74, 6) is 0. The average Bonchev–Trinajstić information content (AvgIpc) is 3.11. The van der Waals surface area contributed by atoms with E-state index >= 15 is 0 Å². The maximum absolute atomic E-state index is 9.81. The molecule has 0 aliphatic carbocycles. The number of hydroxylamine groups is 2. The van der Waals surface area contributed by atoms with Gasteiger partial charge in [-0.3, -0.25) is 9.68 Å². The molecule has 1 heterocycles. The average molecular weight is 687 g/mol. The number of rotatable bonds is 36. The third kappa shape index (κ3) is 33.7. The van der Waals surface area contributed by atoms with Crippen molar-refractivity contribution in [3.63, 3.8) is 0 Å². The maximum atomic E-state index is 9.81. The Morgan fingerprint density at radius 1 is 0.510 bits per heavy atom. The lowest BCUT2D eigenvalue weighted by Crippen LogP contribution is -2.37. The molecule has 0 spiro atoms. The molecule has 1 fully saturated rings. The molecule has 0 atom stereocenters. The second-order valence-electron chi connectivity index (χ2n) is 14.3. The molecule has 49 heavy (non-hydrogen) atoms. The number of likely N-dealkylation sites (tertiary alicyclic amines) is 1. The predicted molar refractivity (Wildman–Crippen MR) is 214 cm³/mol. The summed E-state index contributed by atoms with van der Waals surface area (Å²) in [7, 11) is 0. The van der Waals surface area contributed by atoms with Crippen molar-refractivity contribution in [1.82, 2.24) is 10.1 Å². The van der Waals surface area contributed by atoms with Gasteiger partial charge in [0.15, 0.2) is 0 Å². The maximum Gasteiger partial charge on any atom is 0.0711 e. The van der Waals surface area contributed by atoms with Gasteiger partial charge in [0.2, 0.25) is 0 Å². The summed E-state index contributed by atoms with van der Waals surface area (Å²) < 4.78 is 0. The molecule has 0 radical (unpaired) electrons. The predicted octanol–water partition coefficient (Wildman–Crippen LogP) is 12.6. The number of piperidine rings is 1. The molecule has 0 amide bonds. The number of hydrogen-bond acceptors (Lipinski definition) is 5. The van der Waals surface area contributed by atoms with Gasteiger partial charge in [0.25, 0.3) is 0 Å². The third-order valence-electron chi connectivity index (χ3n) is 9.53. The fourth-order valence-electron chi connectivity index (χ4n) is 6.25. The van der Waals surface area contributed by atoms with Crippen molar-refractivity contribution in [2.24, 2.45) is 0 Å². The van der Waals surface area contributed by atoms with Gasteiger partial charge in [0.1, 0.15) is 0 Å². The van der Waals surface area contributed by atoms with Crippen LogP contribution in [0.2, 0.25) is 0 Å². The van der Waals surface area contributed by atoms with Crippen molar-refractivity contribution in [2.75, 3.05) is 39.4 Å². The van der Waals surface area contributed by atoms with Crippen LogP contribution in [0.5, 0.6) is 0 Å². The summed E-state index contributed by atoms with van der Waals surface area (Å²) in [5, 5.41) is 11.6. The number of unbranched alkanes of at least 4 members (excludes halogenated alkanes) is 18. The van der Waals surface area contributed by atoms with E-state index in [4.69, 9.17) is 9.68 Å². The van der Waals surface area contributed by atoms with Crippen LogP contribution in [0.25, 0.3) is 0 Å². The van der Waals surface area contributed by atoms with Crippen molar-refractivity contribution < 1.29 is 14.8 Å². The van der Waals surface area contributed by atoms with E-state index in [0.29, 0.717) is 0 Å². The minimum atomic E-state index is -0.108. The first kappa shape index (κ1) is 45.8. The molecule has 0 bridgehead atoms. The SMILES string of the molecule is CCCCC/C=C\C/C=C\CCCCCCCCON(CCCN1CCC(O)CC1)OCCCCCCCC/C=C\C/C=C\CCCCC. The highest BCUT2D eigenvalue weighted by molar-refractivity contribution is 4.93. The first-order valence-electron chi connectivity index (χ1n) is 21.3. The fourth-order valence-corrected chi connectivity index (χ4v) is 6.25. The number of aliphatic hydroxyl groups is 1. The summed E-state index contributed by atoms with van der Waals surface area (Å²) in [5.41, 5.74) is 0. The molecular weight excluding hydrogens is 604 g/mol. The van der Waals surface area contributed by atoms with E-state index in [2.05, 4.69) is 67.4 Å². The Hall–Kier alpha value is -1.24. The number of allylic oxidation sites excluding steroid dienone is 8. The summed E-state index contributed by atoms with van der Waals surface area (Å²) in [6.07, 6.45) is 51.6. The molecule has 1 saturated heterocycles. The molecule has 286 valence electrons. The first-order valence-corrected chi connectivity index (χ1v) is 21.3. The van der Waals surface area contributed by atoms with Crippen molar-refractivity contribution in [1.29, 1.82) is 0 Å². The van der Waals surface area contributed by atoms with Gasteiger partial charge in [-0.25, -0.2) is 0 Å². The van der Waals surface area contributed by atoms with Gasteiger partial charge in [0, 0.05) is 13.1 Å². The molecule has 1 N–H and O–H groups in total. The van der Waals surface area contributed by atoms with Gasteiger partial charge < -0.3 is 10.0 Å². The van der Waals surface area contributed by atoms with E-state index in [-0.39, 0.29) is 6.10 Å². The largest absolute Gasteiger partial charge is 0.393 e. The molecule has 0 aromatic rings. The zero-order valence-electron chi connectivity index (χ0n) is 32.7. The Balaban J connectivity index is 2.09. The van der Waals surface area contributed by atoms with Crippen LogP contribution in [-0.4, -0.2) is 60.7 Å². The van der Waals surface area contributed by atoms with Gasteiger partial charge in [-0.15, -0.1) is 0 Å². The van der Waals surface area contributed by atoms with Crippen LogP contribution >= 0.6 is 0 Å². The fraction of sp³-hybridized carbons (Fsp3) is 0.818. The van der Waals surface area contributed by atoms with E-state index in [0.717, 1.165) is 84.3 Å². The number of hydrogen-bond donors (Lipinski definition) is 1. The van der Waals surface area contributed by atoms with Crippen molar-refractivity contribution in [2.45, 2.75) is 193 Å². The lowest BCUT2D eigenvalue weighted by molar-refractivity contribution is -0.369. The molecule has 1 rings (SSSR count). The molecule has 0 aromatic carbocycles. The molecule has 0 unspecified atom stereocenters. The van der Waals surface area contributed by atoms with E-state index in [9.17, 15) is 5.11 Å². The Morgan fingerprint density at radius 2 is 0.898 bits per heavy atom. The van der Waals surface area contributed by atoms with Crippen molar-refractivity contribution in [3.05, 3.63) is 48.6 Å². The Bertz CT molecular complexity index is 722. The van der Waals surface area contributed by atoms with Crippen LogP contribution in [0.3, 0.4) is 0 Å². The summed E-state index contributed by atoms with van der Waals surface area (Å²) >= 11 is 0. The molecule has 1 aliphatic heterocycles. The monoisotopic (exact) mass is 687 g/mol. The standard InChI is InChI=1S/C44H82N2O3/c1-3-5-7-9-11-13-15-17-19-21-23-25-27-29-31-33-42-48-46(39-35-38-45-40-36-44(47)37-41-45)49-43-34-32-30-28-26-24-22-20-18-16-14-12-10-8-6-4-2/h11-14,17-20,44,47H,3-10,15-16,21-43H2,1-2H3/b13-11-,14-12-,19-17-,20-18-. The lowest BCUT2D eigenvalue weighted by Gasteiger charge is -2.30. The quantitative estimate of drug-likeness (QED) is 0.0404. The highest BCUT2D eigenvalue weighted by atomic mass is 16.9. The Morgan fingerprint density at radius 3 is 1.33 bits per heavy atom. The molecular formula is C44H82N2O3. The third-order valence-corrected chi connectivity index (χ3v) is 9.53. The zero-order valence-corrected chi connectivity index (χ0v) is 32.7. The zero-order chi connectivity index (χ0) is 35.1. The van der Waals surface area contributed by atoms with Crippen LogP contribution in [0.15, 0.2) is 48.6 Å². The molecule has 5 nitrogen and oxygen atoms in total. The first-order chi connectivity index (χ1) is 24.3. The van der Waals surface area contributed by atoms with E-state index < -0.39 is 0 Å². The smallest absolute Gasteiger partial charge is 0.0711 e. The van der Waals surface area contributed by atoms with Gasteiger partial charge in [-0.05, 0) is 103 Å². The van der Waals surface area contributed by atoms with Crippen LogP contribution in [-0.2, 0) is 9.68 Å². The second-order valence-corrected chi connectivity index (χ2v) is 14.3. The van der Waals surface area contributed by atoms with Crippen molar-refractivity contribution in [3.8, 4) is 0 Å². The summed E-state index contributed by atoms with van der Waals surface area (Å²) in [6.45, 7) is 9.88. The summed E-state index contributed by atoms with van der Waals surface area (Å²) in [6, 6.07) is 0. The highest BCUT2D eigenvalue weighted by Crippen LogP contribution is 2.13. The van der Waals surface area contributed by atoms with Crippen LogP contribution in [0, 0.1) is 0 Å². The van der Waals surface area contributed by atoms with Crippen LogP contribution in [0.1, 0.15) is 187 Å². The van der Waals surface area contributed by atoms with Gasteiger partial charge >= 0.3 is 0 Å². The normalized spacial score (nSPS) is 15.1. The van der Waals surface area contributed by atoms with Gasteiger partial charge in [-0.1, -0.05) is 145 Å². The van der Waals surface area contributed by atoms with Crippen LogP contribution < -0.4 is 0 Å². The minimum absolute atomic E-state index is 0.108. The number of aliphatic hydroxyl groups excluding tert-OH is 1. The Labute approximate surface area is 305 Å². The second kappa shape index (κ2) is 38.0. The topological polar surface area (TPSA) is 45.2 Å². The Kier molecular flexibility index (Phi) is 35.5. The molecule has 0 aromatic heterocycles. The van der Waals surface area contributed by atoms with E-state index in [1.807, 2.05) is 0 Å². The van der Waals surface area contributed by atoms with Crippen LogP contribution in [0.4, 0.5) is 0 Å². The molecule has 1 aliphatic rings. The van der Waals surface area contributed by atoms with Crippen molar-refractivity contribution >= 4 is 0 Å². The van der Waals surface area contributed by atoms with Gasteiger partial charge in [-0.2, -0.15) is 0 Å². The lowest BCUT2D eigenvalue weighted by atomic mass is 10.1. The van der Waals surface area contributed by atoms with Gasteiger partial charge in [0.05, 0.1) is 25.9 Å². The number of nitrogens with zero attached hydrogens (tertiary/aromatic N) is 2. The molecule has 0 saturated carbocycles. The van der Waals surface area contributed by atoms with E-state index in [1.54, 1.807) is 5.23 Å². The highest BCUT2D eigenvalue weighted by Gasteiger charge is 2.17. The minimum Gasteiger partial charge on any atom is -0.393 e. The summed E-state index contributed by atoms with van der Waals surface area (Å²) in [4.78, 5) is 14.7. The molecule has 5 heteroatoms.